The third kappa shape index (κ3) is 1.87. The zero-order valence-electron chi connectivity index (χ0n) is 10.0. The third-order valence-electron chi connectivity index (χ3n) is 3.94. The number of hydrogen-bond acceptors (Lipinski definition) is 4. The molecule has 1 amide bonds. The van der Waals surface area contributed by atoms with Gasteiger partial charge in [-0.1, -0.05) is 0 Å². The fraction of sp³-hybridized carbons (Fsp3) is 0.667. The number of amides is 1. The first-order valence-corrected chi connectivity index (χ1v) is 6.95. The molecule has 1 aromatic heterocycles. The normalized spacial score (nSPS) is 21.5. The van der Waals surface area contributed by atoms with E-state index in [0.717, 1.165) is 25.9 Å². The van der Waals surface area contributed by atoms with Gasteiger partial charge in [0.25, 0.3) is 5.91 Å². The lowest BCUT2D eigenvalue weighted by Crippen LogP contribution is -2.37. The van der Waals surface area contributed by atoms with Crippen LogP contribution in [0.4, 0.5) is 0 Å². The van der Waals surface area contributed by atoms with Crippen molar-refractivity contribution in [1.29, 1.82) is 0 Å². The van der Waals surface area contributed by atoms with E-state index in [1.54, 1.807) is 18.4 Å². The van der Waals surface area contributed by atoms with Crippen LogP contribution in [-0.2, 0) is 12.8 Å². The van der Waals surface area contributed by atoms with Crippen molar-refractivity contribution in [3.05, 3.63) is 15.6 Å². The number of carbonyl (C=O) groups excluding carboxylic acids is 1. The second-order valence-corrected chi connectivity index (χ2v) is 6.16. The Kier molecular flexibility index (Phi) is 2.67. The van der Waals surface area contributed by atoms with E-state index in [1.165, 1.54) is 23.4 Å². The van der Waals surface area contributed by atoms with E-state index >= 15 is 0 Å². The third-order valence-corrected chi connectivity index (χ3v) is 5.04. The molecule has 2 aliphatic rings. The Morgan fingerprint density at radius 2 is 2.18 bits per heavy atom. The monoisotopic (exact) mass is 251 g/mol. The molecule has 17 heavy (non-hydrogen) atoms. The fourth-order valence-corrected chi connectivity index (χ4v) is 4.13. The molecule has 1 aliphatic heterocycles. The zero-order chi connectivity index (χ0) is 11.9. The Labute approximate surface area is 105 Å². The van der Waals surface area contributed by atoms with Crippen molar-refractivity contribution >= 4 is 17.2 Å². The predicted octanol–water partition coefficient (Wildman–Crippen LogP) is 0.971. The van der Waals surface area contributed by atoms with E-state index in [9.17, 15) is 4.79 Å². The van der Waals surface area contributed by atoms with E-state index in [1.807, 2.05) is 0 Å². The van der Waals surface area contributed by atoms with Crippen LogP contribution in [0.5, 0.6) is 0 Å². The smallest absolute Gasteiger partial charge is 0.280 e. The van der Waals surface area contributed by atoms with Gasteiger partial charge < -0.3 is 10.6 Å². The van der Waals surface area contributed by atoms with Gasteiger partial charge in [-0.15, -0.1) is 11.3 Å². The summed E-state index contributed by atoms with van der Waals surface area (Å²) < 4.78 is 0. The molecule has 2 N–H and O–H groups in total. The van der Waals surface area contributed by atoms with E-state index in [2.05, 4.69) is 15.6 Å². The molecule has 1 saturated heterocycles. The SMILES string of the molecule is CNC(=O)c1nc2c(s1)CC1(CCNCC1)C2. The van der Waals surface area contributed by atoms with Crippen molar-refractivity contribution in [3.8, 4) is 0 Å². The fourth-order valence-electron chi connectivity index (χ4n) is 2.93. The number of aromatic nitrogens is 1. The molecule has 4 nitrogen and oxygen atoms in total. The number of rotatable bonds is 1. The maximum atomic E-state index is 11.5. The first-order chi connectivity index (χ1) is 8.22. The maximum Gasteiger partial charge on any atom is 0.280 e. The number of piperidine rings is 1. The predicted molar refractivity (Wildman–Crippen MR) is 67.4 cm³/mol. The maximum absolute atomic E-state index is 11.5. The van der Waals surface area contributed by atoms with Crippen molar-refractivity contribution in [2.24, 2.45) is 5.41 Å². The molecule has 1 spiro atoms. The van der Waals surface area contributed by atoms with Crippen molar-refractivity contribution in [1.82, 2.24) is 15.6 Å². The minimum atomic E-state index is -0.0521. The highest BCUT2D eigenvalue weighted by atomic mass is 32.1. The van der Waals surface area contributed by atoms with E-state index < -0.39 is 0 Å². The first kappa shape index (κ1) is 11.2. The molecule has 1 aliphatic carbocycles. The molecule has 1 fully saturated rings. The van der Waals surface area contributed by atoms with Gasteiger partial charge in [0, 0.05) is 11.9 Å². The second-order valence-electron chi connectivity index (χ2n) is 5.07. The minimum absolute atomic E-state index is 0.0521. The highest BCUT2D eigenvalue weighted by Crippen LogP contribution is 2.45. The van der Waals surface area contributed by atoms with Crippen LogP contribution in [0.3, 0.4) is 0 Å². The number of nitrogens with one attached hydrogen (secondary N) is 2. The van der Waals surface area contributed by atoms with Gasteiger partial charge in [0.15, 0.2) is 5.01 Å². The summed E-state index contributed by atoms with van der Waals surface area (Å²) >= 11 is 1.58. The number of hydrogen-bond donors (Lipinski definition) is 2. The summed E-state index contributed by atoms with van der Waals surface area (Å²) in [5.41, 5.74) is 1.62. The van der Waals surface area contributed by atoms with Gasteiger partial charge in [-0.05, 0) is 44.2 Å². The standard InChI is InChI=1S/C12H17N3OS/c1-13-10(16)11-15-8-6-12(7-9(8)17-11)2-4-14-5-3-12/h14H,2-7H2,1H3,(H,13,16). The lowest BCUT2D eigenvalue weighted by molar-refractivity contribution is 0.0962. The zero-order valence-corrected chi connectivity index (χ0v) is 10.8. The number of carbonyl (C=O) groups is 1. The van der Waals surface area contributed by atoms with Crippen LogP contribution >= 0.6 is 11.3 Å². The quantitative estimate of drug-likeness (QED) is 0.782. The summed E-state index contributed by atoms with van der Waals surface area (Å²) in [4.78, 5) is 17.3. The average Bonchev–Trinajstić information content (AvgIpc) is 2.84. The lowest BCUT2D eigenvalue weighted by Gasteiger charge is -2.33. The molecule has 0 bridgehead atoms. The van der Waals surface area contributed by atoms with Gasteiger partial charge in [-0.2, -0.15) is 0 Å². The van der Waals surface area contributed by atoms with Gasteiger partial charge in [-0.3, -0.25) is 4.79 Å². The van der Waals surface area contributed by atoms with Crippen LogP contribution in [0, 0.1) is 5.41 Å². The van der Waals surface area contributed by atoms with Crippen molar-refractivity contribution < 1.29 is 4.79 Å². The molecule has 92 valence electrons. The Morgan fingerprint density at radius 1 is 1.41 bits per heavy atom. The largest absolute Gasteiger partial charge is 0.353 e. The Morgan fingerprint density at radius 3 is 2.82 bits per heavy atom. The van der Waals surface area contributed by atoms with Crippen LogP contribution < -0.4 is 10.6 Å². The highest BCUT2D eigenvalue weighted by molar-refractivity contribution is 7.13. The summed E-state index contributed by atoms with van der Waals surface area (Å²) in [5, 5.41) is 6.68. The molecular formula is C12H17N3OS. The van der Waals surface area contributed by atoms with Crippen LogP contribution in [0.1, 0.15) is 33.2 Å². The summed E-state index contributed by atoms with van der Waals surface area (Å²) in [5.74, 6) is -0.0521. The topological polar surface area (TPSA) is 54.0 Å². The molecule has 0 unspecified atom stereocenters. The van der Waals surface area contributed by atoms with Crippen molar-refractivity contribution in [3.63, 3.8) is 0 Å². The summed E-state index contributed by atoms with van der Waals surface area (Å²) in [7, 11) is 1.66. The first-order valence-electron chi connectivity index (χ1n) is 6.14. The van der Waals surface area contributed by atoms with Crippen molar-refractivity contribution in [2.45, 2.75) is 25.7 Å². The van der Waals surface area contributed by atoms with Crippen LogP contribution in [-0.4, -0.2) is 31.0 Å². The van der Waals surface area contributed by atoms with Gasteiger partial charge in [-0.25, -0.2) is 4.98 Å². The number of fused-ring (bicyclic) bond motifs is 1. The highest BCUT2D eigenvalue weighted by Gasteiger charge is 2.40. The van der Waals surface area contributed by atoms with E-state index in [-0.39, 0.29) is 5.91 Å². The molecule has 2 heterocycles. The van der Waals surface area contributed by atoms with Gasteiger partial charge in [0.05, 0.1) is 5.69 Å². The molecule has 0 radical (unpaired) electrons. The van der Waals surface area contributed by atoms with Crippen LogP contribution in [0.2, 0.25) is 0 Å². The summed E-state index contributed by atoms with van der Waals surface area (Å²) in [6.07, 6.45) is 4.67. The Balaban J connectivity index is 1.81. The van der Waals surface area contributed by atoms with Gasteiger partial charge in [0.2, 0.25) is 0 Å². The lowest BCUT2D eigenvalue weighted by atomic mass is 9.77. The molecule has 3 rings (SSSR count). The van der Waals surface area contributed by atoms with Crippen molar-refractivity contribution in [2.75, 3.05) is 20.1 Å². The Hall–Kier alpha value is -0.940. The minimum Gasteiger partial charge on any atom is -0.353 e. The Bertz CT molecular complexity index is 423. The number of thiazole rings is 1. The van der Waals surface area contributed by atoms with E-state index in [4.69, 9.17) is 0 Å². The number of nitrogens with zero attached hydrogens (tertiary/aromatic N) is 1. The van der Waals surface area contributed by atoms with Gasteiger partial charge >= 0.3 is 0 Å². The molecule has 0 atom stereocenters. The van der Waals surface area contributed by atoms with E-state index in [0.29, 0.717) is 10.4 Å². The molecule has 0 aromatic carbocycles. The van der Waals surface area contributed by atoms with Crippen LogP contribution in [0.15, 0.2) is 0 Å². The second kappa shape index (κ2) is 4.07. The van der Waals surface area contributed by atoms with Crippen LogP contribution in [0.25, 0.3) is 0 Å². The summed E-state index contributed by atoms with van der Waals surface area (Å²) in [6, 6.07) is 0. The molecule has 1 aromatic rings. The van der Waals surface area contributed by atoms with Gasteiger partial charge in [0.1, 0.15) is 0 Å². The average molecular weight is 251 g/mol. The molecular weight excluding hydrogens is 234 g/mol. The molecule has 0 saturated carbocycles. The molecule has 5 heteroatoms. The summed E-state index contributed by atoms with van der Waals surface area (Å²) in [6.45, 7) is 2.24.